The van der Waals surface area contributed by atoms with Gasteiger partial charge in [0, 0.05) is 12.6 Å². The number of sulfonamides is 1. The molecule has 2 aromatic carbocycles. The molecule has 0 spiro atoms. The van der Waals surface area contributed by atoms with E-state index in [4.69, 9.17) is 0 Å². The first-order valence-corrected chi connectivity index (χ1v) is 9.94. The number of aryl methyl sites for hydroxylation is 1. The van der Waals surface area contributed by atoms with E-state index >= 15 is 0 Å². The molecule has 2 rings (SSSR count). The lowest BCUT2D eigenvalue weighted by Crippen LogP contribution is -2.37. The van der Waals surface area contributed by atoms with Gasteiger partial charge in [0.15, 0.2) is 0 Å². The maximum absolute atomic E-state index is 12.7. The summed E-state index contributed by atoms with van der Waals surface area (Å²) in [5, 5.41) is 2.68. The van der Waals surface area contributed by atoms with Gasteiger partial charge in [-0.25, -0.2) is 13.2 Å². The predicted octanol–water partition coefficient (Wildman–Crippen LogP) is 2.62. The SMILES string of the molecule is COC(=O)N(C/C=C/C(=O)NCc1ccccc1)S(=O)(=O)c1ccc(C)cc1. The molecule has 2 amide bonds. The van der Waals surface area contributed by atoms with Crippen LogP contribution in [0.1, 0.15) is 11.1 Å². The highest BCUT2D eigenvalue weighted by molar-refractivity contribution is 7.89. The summed E-state index contributed by atoms with van der Waals surface area (Å²) in [6.07, 6.45) is 1.45. The molecule has 0 heterocycles. The minimum Gasteiger partial charge on any atom is -0.452 e. The van der Waals surface area contributed by atoms with Crippen LogP contribution in [0.25, 0.3) is 0 Å². The Labute approximate surface area is 164 Å². The normalized spacial score (nSPS) is 11.2. The molecule has 0 fully saturated rings. The maximum atomic E-state index is 12.7. The van der Waals surface area contributed by atoms with Gasteiger partial charge in [-0.15, -0.1) is 0 Å². The molecule has 0 aliphatic heterocycles. The van der Waals surface area contributed by atoms with E-state index in [-0.39, 0.29) is 11.4 Å². The van der Waals surface area contributed by atoms with Crippen molar-refractivity contribution in [2.75, 3.05) is 13.7 Å². The first-order chi connectivity index (χ1) is 13.3. The molecule has 1 N–H and O–H groups in total. The minimum absolute atomic E-state index is 0.0366. The van der Waals surface area contributed by atoms with Crippen molar-refractivity contribution in [2.24, 2.45) is 0 Å². The van der Waals surface area contributed by atoms with Gasteiger partial charge in [-0.05, 0) is 24.6 Å². The lowest BCUT2D eigenvalue weighted by atomic mass is 10.2. The van der Waals surface area contributed by atoms with Crippen LogP contribution in [0.15, 0.2) is 71.6 Å². The lowest BCUT2D eigenvalue weighted by molar-refractivity contribution is -0.116. The Bertz CT molecular complexity index is 938. The molecule has 0 bridgehead atoms. The van der Waals surface area contributed by atoms with Gasteiger partial charge >= 0.3 is 6.09 Å². The molecule has 28 heavy (non-hydrogen) atoms. The number of nitrogens with zero attached hydrogens (tertiary/aromatic N) is 1. The van der Waals surface area contributed by atoms with Crippen molar-refractivity contribution in [3.8, 4) is 0 Å². The third-order valence-corrected chi connectivity index (χ3v) is 5.58. The standard InChI is InChI=1S/C20H22N2O5S/c1-16-10-12-18(13-11-16)28(25,26)22(20(24)27-2)14-6-9-19(23)21-15-17-7-4-3-5-8-17/h3-13H,14-15H2,1-2H3,(H,21,23)/b9-6+. The third-order valence-electron chi connectivity index (χ3n) is 3.84. The van der Waals surface area contributed by atoms with Crippen LogP contribution in [-0.2, 0) is 26.1 Å². The zero-order chi connectivity index (χ0) is 20.6. The van der Waals surface area contributed by atoms with E-state index < -0.39 is 22.0 Å². The largest absolute Gasteiger partial charge is 0.452 e. The van der Waals surface area contributed by atoms with E-state index in [9.17, 15) is 18.0 Å². The third kappa shape index (κ3) is 5.68. The highest BCUT2D eigenvalue weighted by atomic mass is 32.2. The van der Waals surface area contributed by atoms with Crippen molar-refractivity contribution in [3.63, 3.8) is 0 Å². The number of methoxy groups -OCH3 is 1. The molecule has 0 atom stereocenters. The summed E-state index contributed by atoms with van der Waals surface area (Å²) in [6, 6.07) is 15.4. The van der Waals surface area contributed by atoms with E-state index in [1.807, 2.05) is 37.3 Å². The predicted molar refractivity (Wildman–Crippen MR) is 105 cm³/mol. The van der Waals surface area contributed by atoms with Crippen molar-refractivity contribution in [2.45, 2.75) is 18.4 Å². The van der Waals surface area contributed by atoms with Crippen LogP contribution in [0.4, 0.5) is 4.79 Å². The second-order valence-electron chi connectivity index (χ2n) is 5.92. The summed E-state index contributed by atoms with van der Waals surface area (Å²) in [7, 11) is -3.01. The Hall–Kier alpha value is -3.13. The lowest BCUT2D eigenvalue weighted by Gasteiger charge is -2.19. The highest BCUT2D eigenvalue weighted by Crippen LogP contribution is 2.17. The number of hydrogen-bond acceptors (Lipinski definition) is 5. The molecule has 0 radical (unpaired) electrons. The number of benzene rings is 2. The van der Waals surface area contributed by atoms with Crippen molar-refractivity contribution in [1.82, 2.24) is 9.62 Å². The summed E-state index contributed by atoms with van der Waals surface area (Å²) in [6.45, 7) is 1.83. The number of ether oxygens (including phenoxy) is 1. The van der Waals surface area contributed by atoms with Crippen LogP contribution in [0.2, 0.25) is 0 Å². The molecule has 7 nitrogen and oxygen atoms in total. The summed E-state index contributed by atoms with van der Waals surface area (Å²) < 4.78 is 30.6. The topological polar surface area (TPSA) is 92.8 Å². The van der Waals surface area contributed by atoms with Crippen LogP contribution < -0.4 is 5.32 Å². The smallest absolute Gasteiger partial charge is 0.423 e. The van der Waals surface area contributed by atoms with Crippen molar-refractivity contribution >= 4 is 22.0 Å². The van der Waals surface area contributed by atoms with E-state index in [0.29, 0.717) is 10.8 Å². The number of hydrogen-bond donors (Lipinski definition) is 1. The van der Waals surface area contributed by atoms with Gasteiger partial charge in [0.1, 0.15) is 0 Å². The number of rotatable bonds is 7. The first-order valence-electron chi connectivity index (χ1n) is 8.50. The number of carbonyl (C=O) groups is 2. The Morgan fingerprint density at radius 3 is 2.32 bits per heavy atom. The number of nitrogens with one attached hydrogen (secondary N) is 1. The molecule has 0 aliphatic carbocycles. The van der Waals surface area contributed by atoms with Gasteiger partial charge in [0.2, 0.25) is 5.91 Å². The zero-order valence-electron chi connectivity index (χ0n) is 15.7. The Morgan fingerprint density at radius 2 is 1.71 bits per heavy atom. The van der Waals surface area contributed by atoms with Crippen molar-refractivity contribution in [1.29, 1.82) is 0 Å². The van der Waals surface area contributed by atoms with E-state index in [2.05, 4.69) is 10.1 Å². The Kier molecular flexibility index (Phi) is 7.34. The molecule has 2 aromatic rings. The van der Waals surface area contributed by atoms with Gasteiger partial charge < -0.3 is 10.1 Å². The van der Waals surface area contributed by atoms with Crippen LogP contribution in [0.5, 0.6) is 0 Å². The van der Waals surface area contributed by atoms with Crippen LogP contribution in [0, 0.1) is 6.92 Å². The van der Waals surface area contributed by atoms with Crippen LogP contribution in [0.3, 0.4) is 0 Å². The molecule has 0 aromatic heterocycles. The summed E-state index contributed by atoms with van der Waals surface area (Å²) in [4.78, 5) is 23.9. The Morgan fingerprint density at radius 1 is 1.07 bits per heavy atom. The second-order valence-corrected chi connectivity index (χ2v) is 7.79. The fraction of sp³-hybridized carbons (Fsp3) is 0.200. The van der Waals surface area contributed by atoms with Gasteiger partial charge in [-0.3, -0.25) is 4.79 Å². The maximum Gasteiger partial charge on any atom is 0.423 e. The van der Waals surface area contributed by atoms with Crippen LogP contribution in [-0.4, -0.2) is 38.4 Å². The molecular weight excluding hydrogens is 380 g/mol. The second kappa shape index (κ2) is 9.70. The van der Waals surface area contributed by atoms with Gasteiger partial charge in [0.05, 0.1) is 18.6 Å². The fourth-order valence-corrected chi connectivity index (χ4v) is 3.60. The van der Waals surface area contributed by atoms with Crippen LogP contribution >= 0.6 is 0 Å². The summed E-state index contributed by atoms with van der Waals surface area (Å²) >= 11 is 0. The van der Waals surface area contributed by atoms with E-state index in [0.717, 1.165) is 18.2 Å². The highest BCUT2D eigenvalue weighted by Gasteiger charge is 2.29. The molecule has 0 unspecified atom stereocenters. The number of amides is 2. The summed E-state index contributed by atoms with van der Waals surface area (Å²) in [5.74, 6) is -0.401. The first kappa shape index (κ1) is 21.2. The average molecular weight is 402 g/mol. The average Bonchev–Trinajstić information content (AvgIpc) is 2.70. The molecular formula is C20H22N2O5S. The van der Waals surface area contributed by atoms with Crippen molar-refractivity contribution < 1.29 is 22.7 Å². The van der Waals surface area contributed by atoms with Gasteiger partial charge in [-0.1, -0.05) is 54.1 Å². The zero-order valence-corrected chi connectivity index (χ0v) is 16.5. The molecule has 8 heteroatoms. The minimum atomic E-state index is -4.11. The van der Waals surface area contributed by atoms with Gasteiger partial charge in [-0.2, -0.15) is 4.31 Å². The quantitative estimate of drug-likeness (QED) is 0.719. The van der Waals surface area contributed by atoms with Gasteiger partial charge in [0.25, 0.3) is 10.0 Å². The van der Waals surface area contributed by atoms with E-state index in [1.165, 1.54) is 24.3 Å². The Balaban J connectivity index is 2.05. The molecule has 0 aliphatic rings. The van der Waals surface area contributed by atoms with Crippen molar-refractivity contribution in [3.05, 3.63) is 77.9 Å². The molecule has 0 saturated heterocycles. The monoisotopic (exact) mass is 402 g/mol. The number of carbonyl (C=O) groups excluding carboxylic acids is 2. The van der Waals surface area contributed by atoms with E-state index in [1.54, 1.807) is 12.1 Å². The molecule has 0 saturated carbocycles. The molecule has 148 valence electrons. The summed E-state index contributed by atoms with van der Waals surface area (Å²) in [5.41, 5.74) is 1.82. The fourth-order valence-electron chi connectivity index (χ4n) is 2.31.